The number of allylic oxidation sites excluding steroid dienone is 3. The van der Waals surface area contributed by atoms with Gasteiger partial charge in [-0.05, 0) is 44.6 Å². The highest BCUT2D eigenvalue weighted by Crippen LogP contribution is 2.62. The molecule has 2 spiro atoms. The van der Waals surface area contributed by atoms with Crippen LogP contribution in [0.25, 0.3) is 0 Å². The highest BCUT2D eigenvalue weighted by atomic mass is 35.5. The van der Waals surface area contributed by atoms with Gasteiger partial charge < -0.3 is 14.7 Å². The van der Waals surface area contributed by atoms with Crippen molar-refractivity contribution in [1.29, 1.82) is 0 Å². The van der Waals surface area contributed by atoms with Crippen molar-refractivity contribution < 1.29 is 14.6 Å². The molecule has 148 valence electrons. The molecule has 0 bridgehead atoms. The van der Waals surface area contributed by atoms with E-state index in [2.05, 4.69) is 23.4 Å². The Kier molecular flexibility index (Phi) is 4.27. The minimum atomic E-state index is -0.804. The number of amides is 2. The summed E-state index contributed by atoms with van der Waals surface area (Å²) in [5, 5.41) is 10.0. The molecule has 2 saturated heterocycles. The predicted molar refractivity (Wildman–Crippen MR) is 103 cm³/mol. The standard InChI is InChI=1S/C20H27N3O3.ClH/c1-14(24)23-13-20(21(2)18(23)25)12-19-9-5-3-7-15(19)11-22-10-6-4-8-16(22)17(19)26-20;/h6,10-11,14,24H,3-5,7-9,12-13H2,1-2H3;1H. The van der Waals surface area contributed by atoms with Crippen LogP contribution in [-0.4, -0.2) is 51.4 Å². The Bertz CT molecular complexity index is 762. The minimum Gasteiger partial charge on any atom is -0.467 e. The van der Waals surface area contributed by atoms with Gasteiger partial charge in [-0.2, -0.15) is 0 Å². The number of aliphatic hydroxyl groups is 1. The topological polar surface area (TPSA) is 56.2 Å². The summed E-state index contributed by atoms with van der Waals surface area (Å²) >= 11 is 0. The van der Waals surface area contributed by atoms with Crippen LogP contribution in [-0.2, 0) is 4.74 Å². The first-order chi connectivity index (χ1) is 12.5. The number of urea groups is 1. The van der Waals surface area contributed by atoms with Crippen molar-refractivity contribution in [3.05, 3.63) is 35.5 Å². The average molecular weight is 394 g/mol. The fraction of sp³-hybridized carbons (Fsp3) is 0.650. The van der Waals surface area contributed by atoms with E-state index in [1.54, 1.807) is 11.8 Å². The minimum absolute atomic E-state index is 0. The molecule has 6 nitrogen and oxygen atoms in total. The summed E-state index contributed by atoms with van der Waals surface area (Å²) in [6.45, 7) is 2.06. The zero-order chi connectivity index (χ0) is 18.1. The second-order valence-corrected chi connectivity index (χ2v) is 8.38. The summed E-state index contributed by atoms with van der Waals surface area (Å²) < 4.78 is 6.72. The molecule has 3 unspecified atom stereocenters. The molecular weight excluding hydrogens is 366 g/mol. The molecule has 2 amide bonds. The van der Waals surface area contributed by atoms with Crippen LogP contribution in [0.15, 0.2) is 35.5 Å². The maximum Gasteiger partial charge on any atom is 0.325 e. The Labute approximate surface area is 166 Å². The number of aliphatic hydroxyl groups excluding tert-OH is 1. The average Bonchev–Trinajstić information content (AvgIpc) is 3.09. The van der Waals surface area contributed by atoms with Crippen molar-refractivity contribution in [3.8, 4) is 0 Å². The first-order valence-corrected chi connectivity index (χ1v) is 9.78. The third-order valence-corrected chi connectivity index (χ3v) is 6.91. The molecule has 1 aliphatic carbocycles. The summed E-state index contributed by atoms with van der Waals surface area (Å²) in [6, 6.07) is -0.151. The molecule has 5 aliphatic rings. The SMILES string of the molecule is CC(O)N1CC2(CC34CCCCC3=CN3C=CCCC3=C4O2)N(C)C1=O.Cl. The molecule has 27 heavy (non-hydrogen) atoms. The smallest absolute Gasteiger partial charge is 0.325 e. The van der Waals surface area contributed by atoms with Gasteiger partial charge in [0.15, 0.2) is 0 Å². The first kappa shape index (κ1) is 18.7. The van der Waals surface area contributed by atoms with Crippen molar-refractivity contribution in [2.24, 2.45) is 5.41 Å². The molecule has 1 N–H and O–H groups in total. The van der Waals surface area contributed by atoms with E-state index in [1.165, 1.54) is 29.0 Å². The van der Waals surface area contributed by atoms with Gasteiger partial charge in [0.05, 0.1) is 17.7 Å². The Morgan fingerprint density at radius 2 is 2.11 bits per heavy atom. The molecule has 0 radical (unpaired) electrons. The quantitative estimate of drug-likeness (QED) is 0.740. The maximum atomic E-state index is 12.7. The molecule has 4 aliphatic heterocycles. The van der Waals surface area contributed by atoms with E-state index >= 15 is 0 Å². The Morgan fingerprint density at radius 1 is 1.30 bits per heavy atom. The highest BCUT2D eigenvalue weighted by Gasteiger charge is 2.64. The molecule has 0 aromatic rings. The van der Waals surface area contributed by atoms with Crippen molar-refractivity contribution in [2.45, 2.75) is 63.8 Å². The molecule has 4 heterocycles. The lowest BCUT2D eigenvalue weighted by Gasteiger charge is -2.42. The van der Waals surface area contributed by atoms with Crippen molar-refractivity contribution in [2.75, 3.05) is 13.6 Å². The third-order valence-electron chi connectivity index (χ3n) is 6.91. The van der Waals surface area contributed by atoms with E-state index in [0.29, 0.717) is 6.54 Å². The number of nitrogens with zero attached hydrogens (tertiary/aromatic N) is 3. The molecule has 7 heteroatoms. The third kappa shape index (κ3) is 2.39. The molecule has 0 aromatic heterocycles. The summed E-state index contributed by atoms with van der Waals surface area (Å²) in [6.07, 6.45) is 13.3. The van der Waals surface area contributed by atoms with Gasteiger partial charge in [0.2, 0.25) is 5.72 Å². The Hall–Kier alpha value is -1.66. The normalized spacial score (nSPS) is 35.4. The number of carbonyl (C=O) groups is 1. The van der Waals surface area contributed by atoms with E-state index in [1.807, 2.05) is 7.05 Å². The van der Waals surface area contributed by atoms with E-state index < -0.39 is 12.0 Å². The van der Waals surface area contributed by atoms with Crippen molar-refractivity contribution in [3.63, 3.8) is 0 Å². The summed E-state index contributed by atoms with van der Waals surface area (Å²) in [5.41, 5.74) is 1.95. The second-order valence-electron chi connectivity index (χ2n) is 8.38. The number of carbonyl (C=O) groups excluding carboxylic acids is 1. The van der Waals surface area contributed by atoms with Crippen LogP contribution in [0.2, 0.25) is 0 Å². The number of fused-ring (bicyclic) bond motifs is 1. The van der Waals surface area contributed by atoms with Crippen molar-refractivity contribution in [1.82, 2.24) is 14.7 Å². The molecule has 5 rings (SSSR count). The summed E-state index contributed by atoms with van der Waals surface area (Å²) in [7, 11) is 1.81. The number of likely N-dealkylation sites (N-methyl/N-ethyl adjacent to an activating group) is 1. The molecular formula is C20H28ClN3O3. The number of hydrogen-bond donors (Lipinski definition) is 1. The van der Waals surface area contributed by atoms with Crippen LogP contribution >= 0.6 is 12.4 Å². The number of halogens is 1. The monoisotopic (exact) mass is 393 g/mol. The van der Waals surface area contributed by atoms with Gasteiger partial charge >= 0.3 is 6.03 Å². The maximum absolute atomic E-state index is 12.7. The zero-order valence-corrected chi connectivity index (χ0v) is 16.8. The lowest BCUT2D eigenvalue weighted by molar-refractivity contribution is -0.0503. The van der Waals surface area contributed by atoms with E-state index in [0.717, 1.165) is 37.9 Å². The van der Waals surface area contributed by atoms with Crippen LogP contribution in [0.5, 0.6) is 0 Å². The lowest BCUT2D eigenvalue weighted by Crippen LogP contribution is -2.45. The Balaban J connectivity index is 0.00000180. The Morgan fingerprint density at radius 3 is 2.85 bits per heavy atom. The second kappa shape index (κ2) is 6.17. The van der Waals surface area contributed by atoms with E-state index in [9.17, 15) is 9.90 Å². The summed E-state index contributed by atoms with van der Waals surface area (Å²) in [4.78, 5) is 18.2. The first-order valence-electron chi connectivity index (χ1n) is 9.78. The van der Waals surface area contributed by atoms with E-state index in [-0.39, 0.29) is 23.9 Å². The predicted octanol–water partition coefficient (Wildman–Crippen LogP) is 3.51. The van der Waals surface area contributed by atoms with Gasteiger partial charge in [-0.25, -0.2) is 4.79 Å². The highest BCUT2D eigenvalue weighted by molar-refractivity contribution is 5.85. The van der Waals surface area contributed by atoms with Crippen LogP contribution in [0.3, 0.4) is 0 Å². The largest absolute Gasteiger partial charge is 0.467 e. The van der Waals surface area contributed by atoms with E-state index in [4.69, 9.17) is 4.74 Å². The molecule has 1 saturated carbocycles. The molecule has 0 aromatic carbocycles. The summed E-state index contributed by atoms with van der Waals surface area (Å²) in [5.74, 6) is 1.09. The van der Waals surface area contributed by atoms with Crippen molar-refractivity contribution >= 4 is 18.4 Å². The van der Waals surface area contributed by atoms with Gasteiger partial charge in [0.25, 0.3) is 0 Å². The molecule has 3 atom stereocenters. The fourth-order valence-corrected chi connectivity index (χ4v) is 5.52. The van der Waals surface area contributed by atoms with Gasteiger partial charge in [-0.15, -0.1) is 12.4 Å². The molecule has 3 fully saturated rings. The van der Waals surface area contributed by atoms with Crippen LogP contribution in [0, 0.1) is 5.41 Å². The van der Waals surface area contributed by atoms with Gasteiger partial charge in [-0.1, -0.05) is 12.5 Å². The number of hydrogen-bond acceptors (Lipinski definition) is 4. The van der Waals surface area contributed by atoms with Crippen LogP contribution < -0.4 is 0 Å². The van der Waals surface area contributed by atoms with Crippen LogP contribution in [0.1, 0.15) is 51.9 Å². The number of ether oxygens (including phenoxy) is 1. The number of rotatable bonds is 1. The van der Waals surface area contributed by atoms with Crippen LogP contribution in [0.4, 0.5) is 4.79 Å². The fourth-order valence-electron chi connectivity index (χ4n) is 5.52. The zero-order valence-electron chi connectivity index (χ0n) is 16.0. The van der Waals surface area contributed by atoms with Gasteiger partial charge in [0.1, 0.15) is 12.0 Å². The van der Waals surface area contributed by atoms with Gasteiger partial charge in [-0.3, -0.25) is 9.80 Å². The lowest BCUT2D eigenvalue weighted by atomic mass is 9.65. The van der Waals surface area contributed by atoms with Gasteiger partial charge in [0, 0.05) is 25.9 Å².